The monoisotopic (exact) mass is 522 g/mol. The average Bonchev–Trinajstić information content (AvgIpc) is 3.24. The SMILES string of the molecule is C[C@@H]1CCC[C@H](C)N1C(=O)COc1ccc(C(=O)N/N=C\c2c(-c3ccccc3)n(C)c3ccccc23)cc1. The first-order chi connectivity index (χ1) is 18.9. The van der Waals surface area contributed by atoms with E-state index in [4.69, 9.17) is 4.74 Å². The summed E-state index contributed by atoms with van der Waals surface area (Å²) in [5, 5.41) is 5.35. The zero-order chi connectivity index (χ0) is 27.4. The largest absolute Gasteiger partial charge is 0.484 e. The molecule has 1 aliphatic heterocycles. The third kappa shape index (κ3) is 5.58. The zero-order valence-corrected chi connectivity index (χ0v) is 22.6. The van der Waals surface area contributed by atoms with Gasteiger partial charge >= 0.3 is 0 Å². The molecular weight excluding hydrogens is 488 g/mol. The van der Waals surface area contributed by atoms with Crippen LogP contribution in [0.15, 0.2) is 84.0 Å². The number of amides is 2. The van der Waals surface area contributed by atoms with Crippen LogP contribution in [0.3, 0.4) is 0 Å². The van der Waals surface area contributed by atoms with Crippen LogP contribution in [0.25, 0.3) is 22.2 Å². The van der Waals surface area contributed by atoms with Gasteiger partial charge in [-0.3, -0.25) is 9.59 Å². The van der Waals surface area contributed by atoms with E-state index in [1.54, 1.807) is 30.5 Å². The van der Waals surface area contributed by atoms with E-state index in [9.17, 15) is 9.59 Å². The van der Waals surface area contributed by atoms with Gasteiger partial charge in [0.1, 0.15) is 5.75 Å². The number of benzene rings is 3. The van der Waals surface area contributed by atoms with E-state index < -0.39 is 0 Å². The van der Waals surface area contributed by atoms with Gasteiger partial charge in [-0.25, -0.2) is 5.43 Å². The number of fused-ring (bicyclic) bond motifs is 1. The van der Waals surface area contributed by atoms with E-state index in [1.807, 2.05) is 42.3 Å². The van der Waals surface area contributed by atoms with Gasteiger partial charge < -0.3 is 14.2 Å². The lowest BCUT2D eigenvalue weighted by Gasteiger charge is -2.38. The molecule has 2 atom stereocenters. The maximum Gasteiger partial charge on any atom is 0.271 e. The molecule has 0 unspecified atom stereocenters. The van der Waals surface area contributed by atoms with Gasteiger partial charge in [0.05, 0.1) is 11.9 Å². The number of hydrogen-bond donors (Lipinski definition) is 1. The number of likely N-dealkylation sites (tertiary alicyclic amines) is 1. The fourth-order valence-electron chi connectivity index (χ4n) is 5.55. The standard InChI is InChI=1S/C32H34N4O3/c1-22-10-9-11-23(2)36(22)30(37)21-39-26-18-16-25(17-19-26)32(38)34-33-20-28-27-14-7-8-15-29(27)35(3)31(28)24-12-5-4-6-13-24/h4-8,12-20,22-23H,9-11,21H2,1-3H3,(H,34,38)/b33-20-/t22-,23+. The summed E-state index contributed by atoms with van der Waals surface area (Å²) < 4.78 is 7.88. The Balaban J connectivity index is 1.25. The summed E-state index contributed by atoms with van der Waals surface area (Å²) >= 11 is 0. The van der Waals surface area contributed by atoms with Crippen LogP contribution in [0, 0.1) is 0 Å². The fraction of sp³-hybridized carbons (Fsp3) is 0.281. The molecule has 0 spiro atoms. The molecule has 1 fully saturated rings. The van der Waals surface area contributed by atoms with Crippen LogP contribution in [-0.2, 0) is 11.8 Å². The highest BCUT2D eigenvalue weighted by Gasteiger charge is 2.29. The number of para-hydroxylation sites is 1. The summed E-state index contributed by atoms with van der Waals surface area (Å²) in [5.41, 5.74) is 7.21. The molecule has 1 N–H and O–H groups in total. The number of hydrazone groups is 1. The molecule has 1 aromatic heterocycles. The van der Waals surface area contributed by atoms with Crippen molar-refractivity contribution in [2.45, 2.75) is 45.2 Å². The molecule has 7 nitrogen and oxygen atoms in total. The van der Waals surface area contributed by atoms with Crippen LogP contribution in [0.1, 0.15) is 49.0 Å². The highest BCUT2D eigenvalue weighted by Crippen LogP contribution is 2.31. The number of piperidine rings is 1. The molecule has 39 heavy (non-hydrogen) atoms. The van der Waals surface area contributed by atoms with Gasteiger partial charge in [0.2, 0.25) is 0 Å². The first-order valence-electron chi connectivity index (χ1n) is 13.4. The maximum atomic E-state index is 12.8. The second-order valence-electron chi connectivity index (χ2n) is 10.1. The van der Waals surface area contributed by atoms with Crippen molar-refractivity contribution in [1.29, 1.82) is 0 Å². The normalized spacial score (nSPS) is 17.5. The number of nitrogens with zero attached hydrogens (tertiary/aromatic N) is 3. The summed E-state index contributed by atoms with van der Waals surface area (Å²) in [6, 6.07) is 25.5. The van der Waals surface area contributed by atoms with Gasteiger partial charge in [0.25, 0.3) is 11.8 Å². The number of aryl methyl sites for hydroxylation is 1. The Labute approximate surface area is 229 Å². The number of rotatable bonds is 7. The molecule has 0 bridgehead atoms. The zero-order valence-electron chi connectivity index (χ0n) is 22.6. The van der Waals surface area contributed by atoms with Gasteiger partial charge in [-0.1, -0.05) is 48.5 Å². The van der Waals surface area contributed by atoms with Crippen LogP contribution in [0.2, 0.25) is 0 Å². The van der Waals surface area contributed by atoms with Crippen molar-refractivity contribution in [2.75, 3.05) is 6.61 Å². The highest BCUT2D eigenvalue weighted by atomic mass is 16.5. The fourth-order valence-corrected chi connectivity index (χ4v) is 5.55. The van der Waals surface area contributed by atoms with E-state index in [0.29, 0.717) is 11.3 Å². The van der Waals surface area contributed by atoms with Crippen LogP contribution in [0.5, 0.6) is 5.75 Å². The van der Waals surface area contributed by atoms with E-state index in [1.165, 1.54) is 0 Å². The maximum absolute atomic E-state index is 12.8. The van der Waals surface area contributed by atoms with Gasteiger partial charge in [0, 0.05) is 41.2 Å². The molecule has 2 amide bonds. The second kappa shape index (κ2) is 11.6. The van der Waals surface area contributed by atoms with Crippen molar-refractivity contribution in [3.63, 3.8) is 0 Å². The van der Waals surface area contributed by atoms with Crippen LogP contribution >= 0.6 is 0 Å². The van der Waals surface area contributed by atoms with E-state index in [2.05, 4.69) is 53.2 Å². The van der Waals surface area contributed by atoms with E-state index in [0.717, 1.165) is 47.0 Å². The van der Waals surface area contributed by atoms with Crippen molar-refractivity contribution in [1.82, 2.24) is 14.9 Å². The van der Waals surface area contributed by atoms with Crippen LogP contribution < -0.4 is 10.2 Å². The minimum atomic E-state index is -0.327. The summed E-state index contributed by atoms with van der Waals surface area (Å²) in [6.45, 7) is 4.16. The Bertz CT molecular complexity index is 1480. The molecule has 0 aliphatic carbocycles. The van der Waals surface area contributed by atoms with Gasteiger partial charge in [-0.2, -0.15) is 5.10 Å². The lowest BCUT2D eigenvalue weighted by atomic mass is 9.97. The molecule has 1 saturated heterocycles. The third-order valence-electron chi connectivity index (χ3n) is 7.51. The van der Waals surface area contributed by atoms with Crippen molar-refractivity contribution in [2.24, 2.45) is 12.1 Å². The number of ether oxygens (including phenoxy) is 1. The summed E-state index contributed by atoms with van der Waals surface area (Å²) in [4.78, 5) is 27.4. The summed E-state index contributed by atoms with van der Waals surface area (Å²) in [5.74, 6) is 0.212. The molecule has 3 aromatic carbocycles. The lowest BCUT2D eigenvalue weighted by Crippen LogP contribution is -2.49. The Morgan fingerprint density at radius 1 is 0.949 bits per heavy atom. The molecule has 0 saturated carbocycles. The lowest BCUT2D eigenvalue weighted by molar-refractivity contribution is -0.139. The minimum absolute atomic E-state index is 0.00540. The summed E-state index contributed by atoms with van der Waals surface area (Å²) in [6.07, 6.45) is 4.90. The first-order valence-corrected chi connectivity index (χ1v) is 13.4. The van der Waals surface area contributed by atoms with Crippen molar-refractivity contribution < 1.29 is 14.3 Å². The molecule has 200 valence electrons. The van der Waals surface area contributed by atoms with Crippen molar-refractivity contribution in [3.8, 4) is 17.0 Å². The molecule has 1 aliphatic rings. The number of nitrogens with one attached hydrogen (secondary N) is 1. The van der Waals surface area contributed by atoms with E-state index in [-0.39, 0.29) is 30.5 Å². The van der Waals surface area contributed by atoms with Gasteiger partial charge in [-0.05, 0) is 69.0 Å². The van der Waals surface area contributed by atoms with Crippen molar-refractivity contribution >= 4 is 28.9 Å². The van der Waals surface area contributed by atoms with Crippen molar-refractivity contribution in [3.05, 3.63) is 90.0 Å². The molecule has 4 aromatic rings. The predicted molar refractivity (Wildman–Crippen MR) is 155 cm³/mol. The number of carbonyl (C=O) groups excluding carboxylic acids is 2. The van der Waals surface area contributed by atoms with Gasteiger partial charge in [0.15, 0.2) is 6.61 Å². The Morgan fingerprint density at radius 3 is 2.33 bits per heavy atom. The highest BCUT2D eigenvalue weighted by molar-refractivity contribution is 6.07. The average molecular weight is 523 g/mol. The molecule has 2 heterocycles. The Kier molecular flexibility index (Phi) is 7.77. The topological polar surface area (TPSA) is 75.9 Å². The van der Waals surface area contributed by atoms with Gasteiger partial charge in [-0.15, -0.1) is 0 Å². The Morgan fingerprint density at radius 2 is 1.62 bits per heavy atom. The van der Waals surface area contributed by atoms with Crippen LogP contribution in [0.4, 0.5) is 0 Å². The van der Waals surface area contributed by atoms with E-state index >= 15 is 0 Å². The second-order valence-corrected chi connectivity index (χ2v) is 10.1. The molecular formula is C32H34N4O3. The smallest absolute Gasteiger partial charge is 0.271 e. The number of hydrogen-bond acceptors (Lipinski definition) is 4. The molecule has 0 radical (unpaired) electrons. The summed E-state index contributed by atoms with van der Waals surface area (Å²) in [7, 11) is 2.03. The first kappa shape index (κ1) is 26.2. The number of carbonyl (C=O) groups is 2. The van der Waals surface area contributed by atoms with Crippen LogP contribution in [-0.4, -0.2) is 46.2 Å². The number of aromatic nitrogens is 1. The third-order valence-corrected chi connectivity index (χ3v) is 7.51. The molecule has 7 heteroatoms. The Hall–Kier alpha value is -4.39. The predicted octanol–water partition coefficient (Wildman–Crippen LogP) is 5.78. The quantitative estimate of drug-likeness (QED) is 0.247. The molecule has 5 rings (SSSR count). The minimum Gasteiger partial charge on any atom is -0.484 e.